The Bertz CT molecular complexity index is 864. The van der Waals surface area contributed by atoms with Crippen molar-refractivity contribution < 1.29 is 4.39 Å². The molecule has 2 aromatic carbocycles. The number of benzene rings is 2. The van der Waals surface area contributed by atoms with Gasteiger partial charge in [-0.25, -0.2) is 4.39 Å². The number of nitrogens with two attached hydrogens (primary N) is 1. The lowest BCUT2D eigenvalue weighted by molar-refractivity contribution is 0.628. The molecule has 1 aromatic heterocycles. The highest BCUT2D eigenvalue weighted by molar-refractivity contribution is 7.09. The van der Waals surface area contributed by atoms with Crippen LogP contribution in [0.3, 0.4) is 0 Å². The number of hydrogen-bond donors (Lipinski definition) is 1. The van der Waals surface area contributed by atoms with Crippen LogP contribution in [0.1, 0.15) is 16.0 Å². The summed E-state index contributed by atoms with van der Waals surface area (Å²) in [6.45, 7) is 2.90. The van der Waals surface area contributed by atoms with Crippen LogP contribution in [-0.4, -0.2) is 4.57 Å². The second-order valence-corrected chi connectivity index (χ2v) is 6.55. The molecule has 1 heterocycles. The lowest BCUT2D eigenvalue weighted by Crippen LogP contribution is -2.15. The fourth-order valence-corrected chi connectivity index (χ4v) is 3.44. The zero-order valence-electron chi connectivity index (χ0n) is 12.8. The molecule has 0 aliphatic carbocycles. The van der Waals surface area contributed by atoms with Crippen molar-refractivity contribution >= 4 is 11.3 Å². The number of hydrogen-bond acceptors (Lipinski definition) is 3. The van der Waals surface area contributed by atoms with Gasteiger partial charge in [0, 0.05) is 11.4 Å². The van der Waals surface area contributed by atoms with E-state index in [1.54, 1.807) is 16.7 Å². The summed E-state index contributed by atoms with van der Waals surface area (Å²) in [6, 6.07) is 14.1. The summed E-state index contributed by atoms with van der Waals surface area (Å²) in [6.07, 6.45) is 0. The predicted octanol–water partition coefficient (Wildman–Crippen LogP) is 3.53. The number of aryl methyl sites for hydroxylation is 1. The van der Waals surface area contributed by atoms with Crippen LogP contribution in [0.5, 0.6) is 0 Å². The van der Waals surface area contributed by atoms with Crippen LogP contribution in [0, 0.1) is 12.7 Å². The minimum absolute atomic E-state index is 0.00951. The first-order chi connectivity index (χ1) is 11.1. The van der Waals surface area contributed by atoms with Gasteiger partial charge in [-0.05, 0) is 47.9 Å². The first-order valence-electron chi connectivity index (χ1n) is 7.32. The average Bonchev–Trinajstić information content (AvgIpc) is 2.83. The molecule has 0 aliphatic rings. The highest BCUT2D eigenvalue weighted by Gasteiger charge is 2.14. The summed E-state index contributed by atoms with van der Waals surface area (Å²) in [7, 11) is 0. The summed E-state index contributed by atoms with van der Waals surface area (Å²) < 4.78 is 14.9. The van der Waals surface area contributed by atoms with Crippen molar-refractivity contribution in [2.45, 2.75) is 20.0 Å². The van der Waals surface area contributed by atoms with E-state index in [-0.39, 0.29) is 10.7 Å². The molecule has 3 aromatic rings. The number of nitrogens with zero attached hydrogens (tertiary/aromatic N) is 1. The third kappa shape index (κ3) is 3.25. The molecule has 0 radical (unpaired) electrons. The van der Waals surface area contributed by atoms with Crippen LogP contribution in [-0.2, 0) is 13.1 Å². The van der Waals surface area contributed by atoms with Gasteiger partial charge in [-0.1, -0.05) is 35.6 Å². The van der Waals surface area contributed by atoms with Gasteiger partial charge in [0.25, 0.3) is 0 Å². The lowest BCUT2D eigenvalue weighted by Gasteiger charge is -2.10. The molecule has 2 N–H and O–H groups in total. The molecule has 118 valence electrons. The fraction of sp³-hybridized carbons (Fsp3) is 0.167. The molecule has 0 aliphatic heterocycles. The van der Waals surface area contributed by atoms with Crippen molar-refractivity contribution in [2.75, 3.05) is 0 Å². The predicted molar refractivity (Wildman–Crippen MR) is 92.1 cm³/mol. The normalized spacial score (nSPS) is 10.9. The monoisotopic (exact) mass is 328 g/mol. The highest BCUT2D eigenvalue weighted by Crippen LogP contribution is 2.26. The van der Waals surface area contributed by atoms with Crippen molar-refractivity contribution in [1.29, 1.82) is 0 Å². The van der Waals surface area contributed by atoms with Crippen LogP contribution in [0.15, 0.2) is 53.3 Å². The molecular weight excluding hydrogens is 311 g/mol. The Balaban J connectivity index is 2.01. The van der Waals surface area contributed by atoms with Gasteiger partial charge >= 0.3 is 4.87 Å². The van der Waals surface area contributed by atoms with Gasteiger partial charge in [0.15, 0.2) is 0 Å². The van der Waals surface area contributed by atoms with Crippen molar-refractivity contribution in [2.24, 2.45) is 5.73 Å². The number of halogens is 1. The molecule has 0 bridgehead atoms. The van der Waals surface area contributed by atoms with Crippen molar-refractivity contribution in [3.05, 3.63) is 80.0 Å². The van der Waals surface area contributed by atoms with Crippen LogP contribution in [0.4, 0.5) is 4.39 Å². The average molecular weight is 328 g/mol. The largest absolute Gasteiger partial charge is 0.326 e. The Hall–Kier alpha value is -2.24. The van der Waals surface area contributed by atoms with Crippen molar-refractivity contribution in [3.63, 3.8) is 0 Å². The molecule has 3 nitrogen and oxygen atoms in total. The zero-order chi connectivity index (χ0) is 16.4. The minimum Gasteiger partial charge on any atom is -0.326 e. The van der Waals surface area contributed by atoms with Crippen LogP contribution in [0.25, 0.3) is 11.3 Å². The molecule has 0 saturated heterocycles. The second-order valence-electron chi connectivity index (χ2n) is 5.39. The van der Waals surface area contributed by atoms with Gasteiger partial charge in [-0.15, -0.1) is 0 Å². The smallest absolute Gasteiger partial charge is 0.308 e. The molecule has 0 atom stereocenters. The first kappa shape index (κ1) is 15.6. The SMILES string of the molecule is Cc1sc(=O)n(Cc2ccc(CN)cc2)c1-c1ccc(F)cc1. The maximum Gasteiger partial charge on any atom is 0.308 e. The molecule has 0 saturated carbocycles. The zero-order valence-corrected chi connectivity index (χ0v) is 13.6. The van der Waals surface area contributed by atoms with E-state index in [0.717, 1.165) is 27.3 Å². The Morgan fingerprint density at radius 1 is 1.04 bits per heavy atom. The summed E-state index contributed by atoms with van der Waals surface area (Å²) in [5.41, 5.74) is 9.40. The van der Waals surface area contributed by atoms with E-state index in [1.165, 1.54) is 23.5 Å². The quantitative estimate of drug-likeness (QED) is 0.796. The third-order valence-corrected chi connectivity index (χ3v) is 4.68. The topological polar surface area (TPSA) is 48.0 Å². The number of rotatable bonds is 4. The Labute approximate surface area is 137 Å². The first-order valence-corrected chi connectivity index (χ1v) is 8.14. The maximum absolute atomic E-state index is 13.2. The highest BCUT2D eigenvalue weighted by atomic mass is 32.1. The van der Waals surface area contributed by atoms with E-state index >= 15 is 0 Å². The molecular formula is C18H17FN2OS. The fourth-order valence-electron chi connectivity index (χ4n) is 2.59. The summed E-state index contributed by atoms with van der Waals surface area (Å²) in [5.74, 6) is -0.284. The molecule has 23 heavy (non-hydrogen) atoms. The summed E-state index contributed by atoms with van der Waals surface area (Å²) >= 11 is 1.22. The van der Waals surface area contributed by atoms with Crippen LogP contribution in [0.2, 0.25) is 0 Å². The van der Waals surface area contributed by atoms with E-state index in [9.17, 15) is 9.18 Å². The Morgan fingerprint density at radius 2 is 1.65 bits per heavy atom. The van der Waals surface area contributed by atoms with Gasteiger partial charge in [0.2, 0.25) is 0 Å². The molecule has 0 amide bonds. The van der Waals surface area contributed by atoms with Crippen LogP contribution < -0.4 is 10.6 Å². The molecule has 5 heteroatoms. The van der Waals surface area contributed by atoms with E-state index in [2.05, 4.69) is 0 Å². The summed E-state index contributed by atoms with van der Waals surface area (Å²) in [4.78, 5) is 13.2. The molecule has 0 fully saturated rings. The van der Waals surface area contributed by atoms with E-state index < -0.39 is 0 Å². The van der Waals surface area contributed by atoms with Gasteiger partial charge in [0.05, 0.1) is 12.2 Å². The maximum atomic E-state index is 13.2. The molecule has 0 spiro atoms. The van der Waals surface area contributed by atoms with Crippen molar-refractivity contribution in [3.8, 4) is 11.3 Å². The Morgan fingerprint density at radius 3 is 2.26 bits per heavy atom. The standard InChI is InChI=1S/C18H17FN2OS/c1-12-17(15-6-8-16(19)9-7-15)21(18(22)23-12)11-14-4-2-13(10-20)3-5-14/h2-9H,10-11,20H2,1H3. The number of thiazole rings is 1. The van der Waals surface area contributed by atoms with Gasteiger partial charge in [-0.2, -0.15) is 0 Å². The van der Waals surface area contributed by atoms with Crippen LogP contribution >= 0.6 is 11.3 Å². The van der Waals surface area contributed by atoms with E-state index in [4.69, 9.17) is 5.73 Å². The number of aromatic nitrogens is 1. The van der Waals surface area contributed by atoms with E-state index in [1.807, 2.05) is 31.2 Å². The van der Waals surface area contributed by atoms with Gasteiger partial charge in [-0.3, -0.25) is 9.36 Å². The third-order valence-electron chi connectivity index (χ3n) is 3.78. The molecule has 0 unspecified atom stereocenters. The van der Waals surface area contributed by atoms with Crippen molar-refractivity contribution in [1.82, 2.24) is 4.57 Å². The van der Waals surface area contributed by atoms with E-state index in [0.29, 0.717) is 13.1 Å². The lowest BCUT2D eigenvalue weighted by atomic mass is 10.1. The Kier molecular flexibility index (Phi) is 4.41. The summed E-state index contributed by atoms with van der Waals surface area (Å²) in [5, 5.41) is 0. The van der Waals surface area contributed by atoms with Gasteiger partial charge < -0.3 is 5.73 Å². The second kappa shape index (κ2) is 6.48. The minimum atomic E-state index is -0.284. The van der Waals surface area contributed by atoms with Gasteiger partial charge in [0.1, 0.15) is 5.82 Å². The molecule has 3 rings (SSSR count).